The molecular formula is C31H33N3O8S. The highest BCUT2D eigenvalue weighted by Gasteiger charge is 2.43. The van der Waals surface area contributed by atoms with Crippen molar-refractivity contribution in [2.24, 2.45) is 11.8 Å². The summed E-state index contributed by atoms with van der Waals surface area (Å²) in [5.74, 6) is 0.418. The molecule has 2 aliphatic rings. The van der Waals surface area contributed by atoms with Gasteiger partial charge in [0.2, 0.25) is 5.89 Å². The Morgan fingerprint density at radius 1 is 1.19 bits per heavy atom. The lowest BCUT2D eigenvalue weighted by atomic mass is 10.0. The van der Waals surface area contributed by atoms with E-state index in [-0.39, 0.29) is 29.9 Å². The van der Waals surface area contributed by atoms with Crippen LogP contribution in [0.1, 0.15) is 56.8 Å². The first-order chi connectivity index (χ1) is 20.5. The van der Waals surface area contributed by atoms with E-state index in [1.165, 1.54) is 42.2 Å². The molecule has 226 valence electrons. The topological polar surface area (TPSA) is 143 Å². The van der Waals surface area contributed by atoms with E-state index in [0.29, 0.717) is 45.5 Å². The Bertz CT molecular complexity index is 1820. The molecule has 1 N–H and O–H groups in total. The Labute approximate surface area is 250 Å². The standard InChI is InChI=1S/C31H33N3O8S/c1-16-24-27(36)34(31(2,3)29(37)38)30(39)33(28(24)43-25(16)26-32-9-10-41-26)15-23(21-7-5-6-8-22(21)40-4)42-20-13-17-11-19(35)12-18(17)14-20/h5-10,17-18,20,23H,11-15H2,1-4H3,(H,37,38)/t17-,18+,20?,23?. The second kappa shape index (κ2) is 10.9. The molecule has 6 rings (SSSR count). The van der Waals surface area contributed by atoms with Crippen LogP contribution in [0, 0.1) is 18.8 Å². The lowest BCUT2D eigenvalue weighted by Crippen LogP contribution is -2.52. The van der Waals surface area contributed by atoms with E-state index in [1.54, 1.807) is 14.0 Å². The van der Waals surface area contributed by atoms with Gasteiger partial charge in [0.05, 0.1) is 36.2 Å². The lowest BCUT2D eigenvalue weighted by molar-refractivity contribution is -0.146. The summed E-state index contributed by atoms with van der Waals surface area (Å²) in [5.41, 5.74) is -2.03. The van der Waals surface area contributed by atoms with E-state index in [1.807, 2.05) is 24.3 Å². The third-order valence-electron chi connectivity index (χ3n) is 8.89. The largest absolute Gasteiger partial charge is 0.496 e. The van der Waals surface area contributed by atoms with Crippen LogP contribution in [0.25, 0.3) is 21.0 Å². The SMILES string of the molecule is COc1ccccc1C(Cn1c(=O)n(C(C)(C)C(=O)O)c(=O)c2c(C)c(-c3ncco3)sc21)OC1C[C@H]2CC(=O)C[C@H]2C1. The van der Waals surface area contributed by atoms with Gasteiger partial charge >= 0.3 is 11.7 Å². The van der Waals surface area contributed by atoms with Gasteiger partial charge in [0.1, 0.15) is 34.3 Å². The van der Waals surface area contributed by atoms with Crippen molar-refractivity contribution in [1.29, 1.82) is 0 Å². The molecule has 12 heteroatoms. The van der Waals surface area contributed by atoms with Crippen molar-refractivity contribution in [2.45, 2.75) is 70.7 Å². The number of aryl methyl sites for hydroxylation is 1. The summed E-state index contributed by atoms with van der Waals surface area (Å²) < 4.78 is 20.2. The highest BCUT2D eigenvalue weighted by Crippen LogP contribution is 2.45. The molecule has 1 aromatic carbocycles. The molecule has 0 bridgehead atoms. The van der Waals surface area contributed by atoms with Gasteiger partial charge in [-0.25, -0.2) is 19.1 Å². The average Bonchev–Trinajstić information content (AvgIpc) is 3.74. The van der Waals surface area contributed by atoms with E-state index in [2.05, 4.69) is 4.98 Å². The number of carbonyl (C=O) groups is 2. The quantitative estimate of drug-likeness (QED) is 0.290. The fourth-order valence-electron chi connectivity index (χ4n) is 6.62. The summed E-state index contributed by atoms with van der Waals surface area (Å²) in [4.78, 5) is 57.7. The monoisotopic (exact) mass is 607 g/mol. The summed E-state index contributed by atoms with van der Waals surface area (Å²) in [5, 5.41) is 10.3. The van der Waals surface area contributed by atoms with Crippen molar-refractivity contribution in [3.63, 3.8) is 0 Å². The van der Waals surface area contributed by atoms with E-state index in [4.69, 9.17) is 13.9 Å². The summed E-state index contributed by atoms with van der Waals surface area (Å²) in [6.45, 7) is 4.39. The van der Waals surface area contributed by atoms with Gasteiger partial charge in [-0.3, -0.25) is 14.2 Å². The number of aromatic nitrogens is 3. The Morgan fingerprint density at radius 2 is 1.88 bits per heavy atom. The number of benzene rings is 1. The van der Waals surface area contributed by atoms with Gasteiger partial charge in [-0.05, 0) is 57.1 Å². The van der Waals surface area contributed by atoms with Crippen molar-refractivity contribution in [3.8, 4) is 16.5 Å². The van der Waals surface area contributed by atoms with E-state index in [9.17, 15) is 24.3 Å². The van der Waals surface area contributed by atoms with Crippen molar-refractivity contribution in [2.75, 3.05) is 7.11 Å². The molecular weight excluding hydrogens is 574 g/mol. The number of Topliss-reactive ketones (excluding diaryl/α,β-unsaturated/α-hetero) is 1. The third kappa shape index (κ3) is 4.92. The zero-order valence-electron chi connectivity index (χ0n) is 24.4. The maximum absolute atomic E-state index is 14.2. The van der Waals surface area contributed by atoms with Gasteiger partial charge in [-0.1, -0.05) is 18.2 Å². The van der Waals surface area contributed by atoms with Gasteiger partial charge in [-0.15, -0.1) is 11.3 Å². The Balaban J connectivity index is 1.53. The number of fused-ring (bicyclic) bond motifs is 2. The van der Waals surface area contributed by atoms with E-state index in [0.717, 1.165) is 23.0 Å². The molecule has 4 aromatic rings. The molecule has 2 unspecified atom stereocenters. The van der Waals surface area contributed by atoms with Crippen molar-refractivity contribution in [1.82, 2.24) is 14.1 Å². The summed E-state index contributed by atoms with van der Waals surface area (Å²) in [6.07, 6.45) is 4.72. The highest BCUT2D eigenvalue weighted by molar-refractivity contribution is 7.22. The predicted octanol–water partition coefficient (Wildman–Crippen LogP) is 4.53. The second-order valence-electron chi connectivity index (χ2n) is 11.9. The Hall–Kier alpha value is -4.03. The molecule has 0 radical (unpaired) electrons. The second-order valence-corrected chi connectivity index (χ2v) is 12.9. The van der Waals surface area contributed by atoms with Gasteiger partial charge in [-0.2, -0.15) is 0 Å². The van der Waals surface area contributed by atoms with Gasteiger partial charge < -0.3 is 19.0 Å². The maximum atomic E-state index is 14.2. The molecule has 0 spiro atoms. The number of oxazole rings is 1. The van der Waals surface area contributed by atoms with Crippen LogP contribution in [0.2, 0.25) is 0 Å². The number of para-hydroxylation sites is 1. The third-order valence-corrected chi connectivity index (χ3v) is 10.2. The molecule has 4 atom stereocenters. The Kier molecular flexibility index (Phi) is 7.37. The molecule has 2 aliphatic carbocycles. The molecule has 0 aliphatic heterocycles. The van der Waals surface area contributed by atoms with Crippen molar-refractivity contribution in [3.05, 3.63) is 68.7 Å². The number of hydrogen-bond acceptors (Lipinski definition) is 9. The number of aliphatic carboxylic acids is 1. The molecule has 2 saturated carbocycles. The predicted molar refractivity (Wildman–Crippen MR) is 159 cm³/mol. The number of hydrogen-bond donors (Lipinski definition) is 1. The number of carboxylic acid groups (broad SMARTS) is 1. The molecule has 3 heterocycles. The number of ketones is 1. The van der Waals surface area contributed by atoms with Crippen LogP contribution in [0.4, 0.5) is 0 Å². The van der Waals surface area contributed by atoms with Crippen LogP contribution in [0.5, 0.6) is 5.75 Å². The minimum Gasteiger partial charge on any atom is -0.496 e. The number of ether oxygens (including phenoxy) is 2. The molecule has 0 saturated heterocycles. The van der Waals surface area contributed by atoms with Crippen LogP contribution in [-0.2, 0) is 26.4 Å². The first kappa shape index (κ1) is 29.1. The van der Waals surface area contributed by atoms with Crippen LogP contribution in [-0.4, -0.2) is 44.2 Å². The first-order valence-corrected chi connectivity index (χ1v) is 15.1. The van der Waals surface area contributed by atoms with E-state index < -0.39 is 28.9 Å². The number of methoxy groups -OCH3 is 1. The number of thiophene rings is 1. The normalized spacial score (nSPS) is 20.9. The minimum atomic E-state index is -1.84. The minimum absolute atomic E-state index is 0.0125. The molecule has 43 heavy (non-hydrogen) atoms. The van der Waals surface area contributed by atoms with Crippen LogP contribution < -0.4 is 16.0 Å². The van der Waals surface area contributed by atoms with Gasteiger partial charge in [0.25, 0.3) is 5.56 Å². The molecule has 11 nitrogen and oxygen atoms in total. The fraction of sp³-hybridized carbons (Fsp3) is 0.452. The van der Waals surface area contributed by atoms with Gasteiger partial charge in [0.15, 0.2) is 0 Å². The summed E-state index contributed by atoms with van der Waals surface area (Å²) >= 11 is 1.19. The molecule has 3 aromatic heterocycles. The van der Waals surface area contributed by atoms with Crippen molar-refractivity contribution >= 4 is 33.3 Å². The van der Waals surface area contributed by atoms with Crippen LogP contribution in [0.3, 0.4) is 0 Å². The van der Waals surface area contributed by atoms with Crippen molar-refractivity contribution < 1.29 is 28.6 Å². The number of nitrogens with zero attached hydrogens (tertiary/aromatic N) is 3. The zero-order chi connectivity index (χ0) is 30.6. The lowest BCUT2D eigenvalue weighted by Gasteiger charge is -2.27. The Morgan fingerprint density at radius 3 is 2.51 bits per heavy atom. The summed E-state index contributed by atoms with van der Waals surface area (Å²) in [7, 11) is 1.56. The average molecular weight is 608 g/mol. The fourth-order valence-corrected chi connectivity index (χ4v) is 7.86. The molecule has 0 amide bonds. The van der Waals surface area contributed by atoms with Crippen LogP contribution >= 0.6 is 11.3 Å². The molecule has 2 fully saturated rings. The smallest absolute Gasteiger partial charge is 0.333 e. The number of rotatable bonds is 9. The maximum Gasteiger partial charge on any atom is 0.333 e. The first-order valence-electron chi connectivity index (χ1n) is 14.2. The van der Waals surface area contributed by atoms with Crippen LogP contribution in [0.15, 0.2) is 50.7 Å². The van der Waals surface area contributed by atoms with Gasteiger partial charge in [0, 0.05) is 18.4 Å². The summed E-state index contributed by atoms with van der Waals surface area (Å²) in [6, 6.07) is 7.39. The highest BCUT2D eigenvalue weighted by atomic mass is 32.1. The van der Waals surface area contributed by atoms with E-state index >= 15 is 0 Å². The zero-order valence-corrected chi connectivity index (χ0v) is 25.2. The number of carboxylic acids is 1. The number of carbonyl (C=O) groups excluding carboxylic acids is 1.